The highest BCUT2D eigenvalue weighted by Crippen LogP contribution is 0.148. The second-order valence-corrected chi connectivity index (χ2v) is 0. The first-order valence-corrected chi connectivity index (χ1v) is 0. The van der Waals surface area contributed by atoms with Crippen LogP contribution in [0.1, 0.15) is 38.6 Å². The van der Waals surface area contributed by atoms with Gasteiger partial charge in [-0.05, 0) is 0 Å². The van der Waals surface area contributed by atoms with Crippen molar-refractivity contribution in [3.05, 3.63) is 0 Å². The first-order valence-electron chi connectivity index (χ1n) is 0. The van der Waals surface area contributed by atoms with Gasteiger partial charge in [-0.1, -0.05) is 37.1 Å². The maximum atomic E-state index is 0. The Morgan fingerprint density at radius 1 is 0.444 bits per heavy atom. The second kappa shape index (κ2) is 161000. The van der Waals surface area contributed by atoms with Gasteiger partial charge in [-0.2, -0.15) is 0 Å². The minimum absolute atomic E-state index is 0. The van der Waals surface area contributed by atoms with Gasteiger partial charge in [0.15, 0.2) is 0 Å². The minimum Gasteiger partial charge on any atom is -0.344 e. The summed E-state index contributed by atoms with van der Waals surface area (Å²) in [5.41, 5.74) is 0. The van der Waals surface area contributed by atoms with E-state index >= 15 is 0 Å². The van der Waals surface area contributed by atoms with E-state index in [9.17, 15) is 0 Å². The fraction of sp³-hybridized carbons (Fsp3) is 1.00. The third-order valence-corrected chi connectivity index (χ3v) is 0. The summed E-state index contributed by atoms with van der Waals surface area (Å²) in [7, 11) is 0. The summed E-state index contributed by atoms with van der Waals surface area (Å²) >= 11 is 0. The van der Waals surface area contributed by atoms with E-state index in [4.69, 9.17) is 0 Å². The molecule has 0 heterocycles. The molecule has 0 saturated carbocycles. The van der Waals surface area contributed by atoms with E-state index in [1.54, 1.807) is 0 Å². The van der Waals surface area contributed by atoms with E-state index in [1.807, 2.05) is 0 Å². The first-order chi connectivity index (χ1) is 0. The van der Waals surface area contributed by atoms with Gasteiger partial charge >= 0.3 is 0 Å². The Morgan fingerprint density at radius 2 is 0.444 bits per heavy atom. The summed E-state index contributed by atoms with van der Waals surface area (Å²) < 4.78 is 0. The van der Waals surface area contributed by atoms with E-state index in [0.717, 1.165) is 0 Å². The molecule has 4 heteroatoms. The van der Waals surface area contributed by atoms with Crippen LogP contribution in [-0.2, 0) is 0 Å². The van der Waals surface area contributed by atoms with Gasteiger partial charge < -0.3 is 12.3 Å². The molecule has 0 unspecified atom stereocenters. The van der Waals surface area contributed by atoms with Crippen molar-refractivity contribution < 1.29 is 1.43 Å². The third kappa shape index (κ3) is 118000. The fourth-order valence-corrected chi connectivity index (χ4v) is 0. The molecule has 6 N–H and O–H groups in total. The van der Waals surface area contributed by atoms with Gasteiger partial charge in [0.2, 0.25) is 0 Å². The molecule has 0 aromatic rings. The van der Waals surface area contributed by atoms with Crippen molar-refractivity contribution >= 4 is 16.8 Å². The summed E-state index contributed by atoms with van der Waals surface area (Å²) in [6, 6.07) is 0. The molecule has 0 fully saturated rings. The Hall–Kier alpha value is 0.0499. The van der Waals surface area contributed by atoms with Crippen molar-refractivity contribution in [1.82, 2.24) is 12.3 Å². The van der Waals surface area contributed by atoms with E-state index in [2.05, 4.69) is 0 Å². The van der Waals surface area contributed by atoms with Crippen molar-refractivity contribution in [2.75, 3.05) is 0 Å². The molecule has 0 aliphatic heterocycles. The summed E-state index contributed by atoms with van der Waals surface area (Å²) in [4.78, 5) is 0. The lowest BCUT2D eigenvalue weighted by atomic mass is 10.8. The molecule has 0 rings (SSSR count). The molecule has 2 nitrogen and oxygen atoms in total. The van der Waals surface area contributed by atoms with Crippen LogP contribution in [0.4, 0.5) is 0 Å². The SMILES string of the molecule is C.C.C.C.C.N.N.[B].[B].[HH]. The van der Waals surface area contributed by atoms with Crippen molar-refractivity contribution in [1.29, 1.82) is 0 Å². The second-order valence-electron chi connectivity index (χ2n) is 0. The van der Waals surface area contributed by atoms with E-state index in [0.29, 0.717) is 0 Å². The number of hydrogen-bond acceptors (Lipinski definition) is 2. The van der Waals surface area contributed by atoms with E-state index in [-0.39, 0.29) is 67.7 Å². The molecule has 0 amide bonds. The molecule has 0 spiro atoms. The predicted octanol–water partition coefficient (Wildman–Crippen LogP) is 2.99. The topological polar surface area (TPSA) is 70.0 Å². The van der Waals surface area contributed by atoms with Gasteiger partial charge in [0.05, 0.1) is 0 Å². The standard InChI is InChI=1S/5CH4.2B.2H3N.H2/h5*1H4;;;2*1H3;1H. The zero-order valence-corrected chi connectivity index (χ0v) is 2.57. The fourth-order valence-electron chi connectivity index (χ4n) is 0. The van der Waals surface area contributed by atoms with Crippen molar-refractivity contribution in [3.8, 4) is 0 Å². The molecular formula is C5H28B2N2. The number of hydrogen-bond donors (Lipinski definition) is 2. The van der Waals surface area contributed by atoms with Crippen molar-refractivity contribution in [2.24, 2.45) is 0 Å². The highest BCUT2D eigenvalue weighted by Gasteiger charge is 0.00115. The lowest BCUT2D eigenvalue weighted by Crippen LogP contribution is -0.482. The van der Waals surface area contributed by atoms with Gasteiger partial charge in [-0.15, -0.1) is 0 Å². The molecule has 0 atom stereocenters. The maximum Gasteiger partial charge on any atom is 0 e. The van der Waals surface area contributed by atoms with Gasteiger partial charge in [-0.25, -0.2) is 0 Å². The van der Waals surface area contributed by atoms with Gasteiger partial charge in [0.1, 0.15) is 0 Å². The van der Waals surface area contributed by atoms with Crippen LogP contribution in [0, 0.1) is 0 Å². The quantitative estimate of drug-likeness (QED) is 0.505. The molecule has 0 aromatic carbocycles. The molecular weight excluding hydrogens is 110 g/mol. The summed E-state index contributed by atoms with van der Waals surface area (Å²) in [6.07, 6.45) is 0. The van der Waals surface area contributed by atoms with Crippen LogP contribution in [0.5, 0.6) is 0 Å². The molecule has 0 aliphatic rings. The van der Waals surface area contributed by atoms with Gasteiger partial charge in [0.25, 0.3) is 0 Å². The summed E-state index contributed by atoms with van der Waals surface area (Å²) in [6.45, 7) is 0. The van der Waals surface area contributed by atoms with Crippen molar-refractivity contribution in [2.45, 2.75) is 37.1 Å². The van der Waals surface area contributed by atoms with Crippen LogP contribution >= 0.6 is 0 Å². The highest BCUT2D eigenvalue weighted by atomic mass is 14.0. The Bertz CT molecular complexity index is 17.6. The smallest absolute Gasteiger partial charge is 0 e. The molecule has 64 valence electrons. The monoisotopic (exact) mass is 138 g/mol. The Kier molecular flexibility index (Phi) is 4210000000. The minimum atomic E-state index is 0. The normalized spacial score (nSPS) is 0. The Morgan fingerprint density at radius 3 is 0.444 bits per heavy atom. The Balaban J connectivity index is 0. The largest absolute Gasteiger partial charge is 0.344 e. The zero-order valence-electron chi connectivity index (χ0n) is 2.57. The zero-order chi connectivity index (χ0) is 0. The van der Waals surface area contributed by atoms with Crippen LogP contribution in [-0.4, -0.2) is 16.8 Å². The van der Waals surface area contributed by atoms with Crippen LogP contribution in [0.15, 0.2) is 0 Å². The predicted molar refractivity (Wildman–Crippen MR) is 57.3 cm³/mol. The highest BCUT2D eigenvalue weighted by molar-refractivity contribution is 5.76. The lowest BCUT2D eigenvalue weighted by molar-refractivity contribution is 2.13. The average molecular weight is 138 g/mol. The Labute approximate surface area is 68.6 Å². The lowest BCUT2D eigenvalue weighted by Gasteiger charge is -0.345. The maximum absolute atomic E-state index is 0. The van der Waals surface area contributed by atoms with Crippen molar-refractivity contribution in [3.63, 3.8) is 0 Å². The molecule has 0 saturated heterocycles. The van der Waals surface area contributed by atoms with Crippen LogP contribution in [0.3, 0.4) is 0 Å². The first kappa shape index (κ1) is 236000. The summed E-state index contributed by atoms with van der Waals surface area (Å²) in [5, 5.41) is 0. The summed E-state index contributed by atoms with van der Waals surface area (Å²) in [5.74, 6) is 0. The van der Waals surface area contributed by atoms with E-state index < -0.39 is 0 Å². The van der Waals surface area contributed by atoms with E-state index in [1.165, 1.54) is 0 Å². The number of rotatable bonds is 0. The van der Waals surface area contributed by atoms with Gasteiger partial charge in [0, 0.05) is 18.3 Å². The van der Waals surface area contributed by atoms with Crippen LogP contribution in [0.2, 0.25) is 0 Å². The average Bonchev–Trinajstić information content (AvgIpc) is 0. The molecule has 0 aliphatic carbocycles. The third-order valence-electron chi connectivity index (χ3n) is 0. The van der Waals surface area contributed by atoms with Crippen LogP contribution in [0.25, 0.3) is 0 Å². The molecule has 6 radical (unpaired) electrons. The van der Waals surface area contributed by atoms with Crippen LogP contribution < -0.4 is 12.3 Å². The molecule has 0 aromatic heterocycles. The molecule has 9 heavy (non-hydrogen) atoms. The van der Waals surface area contributed by atoms with Gasteiger partial charge in [-0.3, -0.25) is 0 Å². The molecule has 0 bridgehead atoms.